The maximum Gasteiger partial charge on any atom is 0.159 e. The summed E-state index contributed by atoms with van der Waals surface area (Å²) < 4.78 is 40.0. The van der Waals surface area contributed by atoms with Gasteiger partial charge in [-0.1, -0.05) is 11.8 Å². The number of aryl methyl sites for hydroxylation is 1. The van der Waals surface area contributed by atoms with Crippen LogP contribution in [-0.2, 0) is 0 Å². The number of halogens is 3. The summed E-state index contributed by atoms with van der Waals surface area (Å²) in [6, 6.07) is 6.91. The number of benzene rings is 2. The van der Waals surface area contributed by atoms with Gasteiger partial charge in [-0.25, -0.2) is 13.2 Å². The molecule has 0 saturated carbocycles. The molecule has 1 unspecified atom stereocenters. The van der Waals surface area contributed by atoms with E-state index in [0.717, 1.165) is 22.6 Å². The Hall–Kier alpha value is -1.46. The Kier molecular flexibility index (Phi) is 4.96. The average molecular weight is 311 g/mol. The fourth-order valence-corrected chi connectivity index (χ4v) is 3.06. The van der Waals surface area contributed by atoms with Gasteiger partial charge in [0.2, 0.25) is 0 Å². The van der Waals surface area contributed by atoms with E-state index in [1.807, 2.05) is 6.92 Å². The van der Waals surface area contributed by atoms with Crippen LogP contribution in [0, 0.1) is 24.4 Å². The van der Waals surface area contributed by atoms with Gasteiger partial charge in [-0.2, -0.15) is 0 Å². The van der Waals surface area contributed by atoms with Crippen molar-refractivity contribution in [2.75, 3.05) is 7.05 Å². The van der Waals surface area contributed by atoms with Crippen LogP contribution in [0.25, 0.3) is 0 Å². The van der Waals surface area contributed by atoms with Crippen molar-refractivity contribution >= 4 is 11.8 Å². The third-order valence-electron chi connectivity index (χ3n) is 3.31. The van der Waals surface area contributed by atoms with Crippen molar-refractivity contribution in [2.24, 2.45) is 0 Å². The average Bonchev–Trinajstić information content (AvgIpc) is 2.45. The standard InChI is InChI=1S/C16H16F3NS/c1-9-6-16(12(8-14(9)18)10(2)20-3)21-11-4-5-13(17)15(19)7-11/h4-8,10,20H,1-3H3. The molecule has 0 saturated heterocycles. The van der Waals surface area contributed by atoms with Crippen molar-refractivity contribution in [2.45, 2.75) is 29.7 Å². The minimum Gasteiger partial charge on any atom is -0.313 e. The van der Waals surface area contributed by atoms with Gasteiger partial charge >= 0.3 is 0 Å². The summed E-state index contributed by atoms with van der Waals surface area (Å²) in [5, 5.41) is 3.06. The number of nitrogens with one attached hydrogen (secondary N) is 1. The smallest absolute Gasteiger partial charge is 0.159 e. The van der Waals surface area contributed by atoms with Crippen molar-refractivity contribution < 1.29 is 13.2 Å². The molecule has 0 spiro atoms. The molecule has 2 rings (SSSR count). The van der Waals surface area contributed by atoms with E-state index >= 15 is 0 Å². The molecular weight excluding hydrogens is 295 g/mol. The van der Waals surface area contributed by atoms with E-state index in [1.165, 1.54) is 23.9 Å². The third-order valence-corrected chi connectivity index (χ3v) is 4.37. The predicted octanol–water partition coefficient (Wildman–Crippen LogP) is 4.84. The summed E-state index contributed by atoms with van der Waals surface area (Å²) in [5.74, 6) is -2.04. The molecule has 0 aliphatic carbocycles. The molecule has 2 aromatic rings. The van der Waals surface area contributed by atoms with Crippen LogP contribution in [0.3, 0.4) is 0 Å². The molecule has 1 nitrogen and oxygen atoms in total. The van der Waals surface area contributed by atoms with Crippen LogP contribution < -0.4 is 5.32 Å². The van der Waals surface area contributed by atoms with Gasteiger partial charge in [-0.3, -0.25) is 0 Å². The number of hydrogen-bond acceptors (Lipinski definition) is 2. The molecule has 0 amide bonds. The van der Waals surface area contributed by atoms with Gasteiger partial charge in [-0.15, -0.1) is 0 Å². The lowest BCUT2D eigenvalue weighted by molar-refractivity contribution is 0.506. The Labute approximate surface area is 126 Å². The van der Waals surface area contributed by atoms with Gasteiger partial charge < -0.3 is 5.32 Å². The highest BCUT2D eigenvalue weighted by Gasteiger charge is 2.14. The quantitative estimate of drug-likeness (QED) is 0.867. The first-order valence-corrected chi connectivity index (χ1v) is 7.34. The zero-order valence-corrected chi connectivity index (χ0v) is 12.8. The topological polar surface area (TPSA) is 12.0 Å². The first-order valence-electron chi connectivity index (χ1n) is 6.52. The van der Waals surface area contributed by atoms with E-state index < -0.39 is 11.6 Å². The molecule has 1 atom stereocenters. The van der Waals surface area contributed by atoms with Crippen LogP contribution in [0.5, 0.6) is 0 Å². The number of hydrogen-bond donors (Lipinski definition) is 1. The molecule has 0 aromatic heterocycles. The first-order chi connectivity index (χ1) is 9.92. The SMILES string of the molecule is CNC(C)c1cc(F)c(C)cc1Sc1ccc(F)c(F)c1. The van der Waals surface area contributed by atoms with Gasteiger partial charge in [0, 0.05) is 15.8 Å². The fraction of sp³-hybridized carbons (Fsp3) is 0.250. The van der Waals surface area contributed by atoms with E-state index in [-0.39, 0.29) is 11.9 Å². The highest BCUT2D eigenvalue weighted by molar-refractivity contribution is 7.99. The zero-order chi connectivity index (χ0) is 15.6. The Morgan fingerprint density at radius 2 is 1.71 bits per heavy atom. The van der Waals surface area contributed by atoms with E-state index in [1.54, 1.807) is 20.0 Å². The van der Waals surface area contributed by atoms with E-state index in [9.17, 15) is 13.2 Å². The predicted molar refractivity (Wildman–Crippen MR) is 79.1 cm³/mol. The fourth-order valence-electron chi connectivity index (χ4n) is 1.92. The van der Waals surface area contributed by atoms with Crippen LogP contribution in [-0.4, -0.2) is 7.05 Å². The molecule has 5 heteroatoms. The monoisotopic (exact) mass is 311 g/mol. The van der Waals surface area contributed by atoms with E-state index in [0.29, 0.717) is 10.5 Å². The van der Waals surface area contributed by atoms with Crippen molar-refractivity contribution in [1.82, 2.24) is 5.32 Å². The summed E-state index contributed by atoms with van der Waals surface area (Å²) in [6.07, 6.45) is 0. The van der Waals surface area contributed by atoms with Crippen molar-refractivity contribution in [3.63, 3.8) is 0 Å². The minimum absolute atomic E-state index is 0.0482. The Morgan fingerprint density at radius 1 is 1.00 bits per heavy atom. The first kappa shape index (κ1) is 15.9. The maximum absolute atomic E-state index is 13.8. The largest absolute Gasteiger partial charge is 0.313 e. The van der Waals surface area contributed by atoms with Gasteiger partial charge in [0.05, 0.1) is 0 Å². The maximum atomic E-state index is 13.8. The summed E-state index contributed by atoms with van der Waals surface area (Å²) in [7, 11) is 1.79. The lowest BCUT2D eigenvalue weighted by atomic mass is 10.1. The Balaban J connectivity index is 2.42. The second kappa shape index (κ2) is 6.54. The highest BCUT2D eigenvalue weighted by atomic mass is 32.2. The summed E-state index contributed by atoms with van der Waals surface area (Å²) >= 11 is 1.29. The summed E-state index contributed by atoms with van der Waals surface area (Å²) in [4.78, 5) is 1.39. The van der Waals surface area contributed by atoms with Crippen LogP contribution in [0.1, 0.15) is 24.1 Å². The molecule has 0 heterocycles. The lowest BCUT2D eigenvalue weighted by Gasteiger charge is -2.17. The van der Waals surface area contributed by atoms with Crippen LogP contribution in [0.15, 0.2) is 40.1 Å². The minimum atomic E-state index is -0.887. The molecule has 2 aromatic carbocycles. The van der Waals surface area contributed by atoms with Crippen molar-refractivity contribution in [1.29, 1.82) is 0 Å². The Morgan fingerprint density at radius 3 is 2.33 bits per heavy atom. The van der Waals surface area contributed by atoms with E-state index in [2.05, 4.69) is 5.32 Å². The van der Waals surface area contributed by atoms with Gasteiger partial charge in [0.25, 0.3) is 0 Å². The molecule has 21 heavy (non-hydrogen) atoms. The zero-order valence-electron chi connectivity index (χ0n) is 12.0. The highest BCUT2D eigenvalue weighted by Crippen LogP contribution is 2.35. The molecule has 1 N–H and O–H groups in total. The molecule has 112 valence electrons. The molecule has 0 aliphatic rings. The van der Waals surface area contributed by atoms with Crippen LogP contribution >= 0.6 is 11.8 Å². The Bertz CT molecular complexity index is 658. The van der Waals surface area contributed by atoms with Gasteiger partial charge in [0.1, 0.15) is 5.82 Å². The molecule has 0 bridgehead atoms. The van der Waals surface area contributed by atoms with Crippen LogP contribution in [0.4, 0.5) is 13.2 Å². The summed E-state index contributed by atoms with van der Waals surface area (Å²) in [5.41, 5.74) is 1.31. The lowest BCUT2D eigenvalue weighted by Crippen LogP contribution is -2.13. The third kappa shape index (κ3) is 3.60. The molecular formula is C16H16F3NS. The summed E-state index contributed by atoms with van der Waals surface area (Å²) in [6.45, 7) is 3.60. The van der Waals surface area contributed by atoms with E-state index in [4.69, 9.17) is 0 Å². The van der Waals surface area contributed by atoms with Crippen molar-refractivity contribution in [3.05, 3.63) is 58.9 Å². The molecule has 0 fully saturated rings. The second-order valence-electron chi connectivity index (χ2n) is 4.83. The van der Waals surface area contributed by atoms with Gasteiger partial charge in [0.15, 0.2) is 11.6 Å². The second-order valence-corrected chi connectivity index (χ2v) is 5.94. The molecule has 0 aliphatic heterocycles. The van der Waals surface area contributed by atoms with Gasteiger partial charge in [-0.05, 0) is 62.4 Å². The van der Waals surface area contributed by atoms with Crippen LogP contribution in [0.2, 0.25) is 0 Å². The normalized spacial score (nSPS) is 12.5. The van der Waals surface area contributed by atoms with Crippen molar-refractivity contribution in [3.8, 4) is 0 Å². The molecule has 0 radical (unpaired) electrons. The number of rotatable bonds is 4.